The van der Waals surface area contributed by atoms with Crippen LogP contribution in [0.2, 0.25) is 0 Å². The average Bonchev–Trinajstić information content (AvgIpc) is 3.34. The van der Waals surface area contributed by atoms with Crippen LogP contribution in [0.4, 0.5) is 5.82 Å². The summed E-state index contributed by atoms with van der Waals surface area (Å²) in [5.74, 6) is 0.654. The minimum absolute atomic E-state index is 0.127. The minimum atomic E-state index is -0.274. The number of carbonyl (C=O) groups excluding carboxylic acids is 1. The molecule has 2 aliphatic heterocycles. The number of carbonyl (C=O) groups is 1. The van der Waals surface area contributed by atoms with Crippen molar-refractivity contribution in [1.82, 2.24) is 9.47 Å². The fraction of sp³-hybridized carbons (Fsp3) is 0.524. The Morgan fingerprint density at radius 1 is 1.30 bits per heavy atom. The number of anilines is 1. The lowest BCUT2D eigenvalue weighted by Crippen LogP contribution is -2.33. The van der Waals surface area contributed by atoms with Gasteiger partial charge in [-0.2, -0.15) is 5.26 Å². The largest absolute Gasteiger partial charge is 0.385 e. The fourth-order valence-electron chi connectivity index (χ4n) is 3.90. The number of methoxy groups -OCH3 is 1. The van der Waals surface area contributed by atoms with Crippen LogP contribution in [0.3, 0.4) is 0 Å². The van der Waals surface area contributed by atoms with Gasteiger partial charge in [0.1, 0.15) is 21.8 Å². The Bertz CT molecular complexity index is 987. The van der Waals surface area contributed by atoms with E-state index in [1.54, 1.807) is 23.5 Å². The summed E-state index contributed by atoms with van der Waals surface area (Å²) in [5, 5.41) is 9.61. The third kappa shape index (κ3) is 4.17. The van der Waals surface area contributed by atoms with E-state index in [0.29, 0.717) is 40.9 Å². The SMILES string of the molecule is CCn1c(N2CCCC2)c(/C=C2\SC(=S)N(CCCOC)C2=O)c(C)c(C#N)c1=O. The smallest absolute Gasteiger partial charge is 0.270 e. The zero-order valence-electron chi connectivity index (χ0n) is 17.6. The van der Waals surface area contributed by atoms with Crippen LogP contribution in [0.1, 0.15) is 42.9 Å². The Labute approximate surface area is 186 Å². The van der Waals surface area contributed by atoms with E-state index in [2.05, 4.69) is 11.0 Å². The molecule has 2 saturated heterocycles. The summed E-state index contributed by atoms with van der Waals surface area (Å²) < 4.78 is 7.25. The van der Waals surface area contributed by atoms with Crippen LogP contribution in [0.15, 0.2) is 9.70 Å². The van der Waals surface area contributed by atoms with Crippen LogP contribution < -0.4 is 10.5 Å². The lowest BCUT2D eigenvalue weighted by atomic mass is 10.0. The predicted octanol–water partition coefficient (Wildman–Crippen LogP) is 2.89. The van der Waals surface area contributed by atoms with E-state index in [9.17, 15) is 14.9 Å². The third-order valence-corrected chi connectivity index (χ3v) is 6.83. The number of aromatic nitrogens is 1. The number of thioether (sulfide) groups is 1. The van der Waals surface area contributed by atoms with E-state index in [-0.39, 0.29) is 17.0 Å². The highest BCUT2D eigenvalue weighted by Gasteiger charge is 2.33. The summed E-state index contributed by atoms with van der Waals surface area (Å²) >= 11 is 6.68. The van der Waals surface area contributed by atoms with Gasteiger partial charge in [0.2, 0.25) is 0 Å². The van der Waals surface area contributed by atoms with Gasteiger partial charge in [-0.3, -0.25) is 19.1 Å². The zero-order valence-corrected chi connectivity index (χ0v) is 19.2. The van der Waals surface area contributed by atoms with Gasteiger partial charge in [0.05, 0.1) is 4.91 Å². The second kappa shape index (κ2) is 9.77. The van der Waals surface area contributed by atoms with Gasteiger partial charge in [-0.05, 0) is 44.7 Å². The Balaban J connectivity index is 2.11. The summed E-state index contributed by atoms with van der Waals surface area (Å²) in [4.78, 5) is 30.2. The maximum Gasteiger partial charge on any atom is 0.270 e. The van der Waals surface area contributed by atoms with Crippen molar-refractivity contribution in [3.63, 3.8) is 0 Å². The van der Waals surface area contributed by atoms with Gasteiger partial charge in [0.25, 0.3) is 11.5 Å². The maximum atomic E-state index is 13.0. The molecule has 3 rings (SSSR count). The summed E-state index contributed by atoms with van der Waals surface area (Å²) in [6.45, 7) is 6.90. The number of hydrogen-bond acceptors (Lipinski definition) is 7. The molecule has 0 aromatic carbocycles. The second-order valence-corrected chi connectivity index (χ2v) is 8.95. The predicted molar refractivity (Wildman–Crippen MR) is 124 cm³/mol. The number of nitrogens with zero attached hydrogens (tertiary/aromatic N) is 4. The topological polar surface area (TPSA) is 78.6 Å². The number of ether oxygens (including phenoxy) is 1. The fourth-order valence-corrected chi connectivity index (χ4v) is 5.19. The molecule has 0 radical (unpaired) electrons. The average molecular weight is 447 g/mol. The monoisotopic (exact) mass is 446 g/mol. The molecule has 0 bridgehead atoms. The normalized spacial score (nSPS) is 18.0. The number of hydrogen-bond donors (Lipinski definition) is 0. The third-order valence-electron chi connectivity index (χ3n) is 5.45. The lowest BCUT2D eigenvalue weighted by molar-refractivity contribution is -0.122. The second-order valence-electron chi connectivity index (χ2n) is 7.27. The standard InChI is InChI=1S/C21H26N4O3S2/c1-4-24-18(23-8-5-6-9-23)15(14(2)16(13-22)19(24)26)12-17-20(27)25(21(29)30-17)10-7-11-28-3/h12H,4-11H2,1-3H3/b17-12-. The summed E-state index contributed by atoms with van der Waals surface area (Å²) in [6, 6.07) is 2.06. The van der Waals surface area contributed by atoms with Gasteiger partial charge in [-0.25, -0.2) is 0 Å². The van der Waals surface area contributed by atoms with E-state index in [1.807, 2.05) is 13.0 Å². The van der Waals surface area contributed by atoms with Crippen molar-refractivity contribution in [2.75, 3.05) is 38.3 Å². The molecular formula is C21H26N4O3S2. The molecule has 1 aromatic rings. The van der Waals surface area contributed by atoms with Gasteiger partial charge >= 0.3 is 0 Å². The molecule has 0 atom stereocenters. The zero-order chi connectivity index (χ0) is 21.8. The van der Waals surface area contributed by atoms with Crippen molar-refractivity contribution in [2.24, 2.45) is 0 Å². The quantitative estimate of drug-likeness (QED) is 0.362. The number of amides is 1. The van der Waals surface area contributed by atoms with Crippen LogP contribution in [-0.4, -0.2) is 53.0 Å². The maximum absolute atomic E-state index is 13.0. The highest BCUT2D eigenvalue weighted by Crippen LogP contribution is 2.36. The van der Waals surface area contributed by atoms with Crippen LogP contribution in [0, 0.1) is 18.3 Å². The molecule has 9 heteroatoms. The first-order valence-electron chi connectivity index (χ1n) is 10.1. The first-order valence-corrected chi connectivity index (χ1v) is 11.3. The van der Waals surface area contributed by atoms with Crippen LogP contribution >= 0.6 is 24.0 Å². The highest BCUT2D eigenvalue weighted by atomic mass is 32.2. The number of pyridine rings is 1. The van der Waals surface area contributed by atoms with Crippen molar-refractivity contribution in [3.05, 3.63) is 31.9 Å². The molecule has 3 heterocycles. The van der Waals surface area contributed by atoms with Gasteiger partial charge < -0.3 is 9.64 Å². The summed E-state index contributed by atoms with van der Waals surface area (Å²) in [5.41, 5.74) is 1.22. The molecule has 30 heavy (non-hydrogen) atoms. The Hall–Kier alpha value is -2.15. The van der Waals surface area contributed by atoms with Crippen LogP contribution in [0.5, 0.6) is 0 Å². The molecule has 160 valence electrons. The molecule has 0 aliphatic carbocycles. The molecule has 2 fully saturated rings. The molecule has 0 N–H and O–H groups in total. The van der Waals surface area contributed by atoms with Crippen molar-refractivity contribution >= 4 is 46.1 Å². The van der Waals surface area contributed by atoms with Gasteiger partial charge in [-0.15, -0.1) is 0 Å². The first kappa shape index (κ1) is 22.5. The lowest BCUT2D eigenvalue weighted by Gasteiger charge is -2.26. The van der Waals surface area contributed by atoms with Crippen LogP contribution in [0.25, 0.3) is 6.08 Å². The molecular weight excluding hydrogens is 420 g/mol. The Morgan fingerprint density at radius 2 is 2.00 bits per heavy atom. The van der Waals surface area contributed by atoms with Gasteiger partial charge in [0.15, 0.2) is 0 Å². The van der Waals surface area contributed by atoms with E-state index in [1.165, 1.54) is 11.8 Å². The molecule has 0 unspecified atom stereocenters. The molecule has 2 aliphatic rings. The summed E-state index contributed by atoms with van der Waals surface area (Å²) in [6.07, 6.45) is 4.62. The van der Waals surface area contributed by atoms with Crippen molar-refractivity contribution < 1.29 is 9.53 Å². The molecule has 1 aromatic heterocycles. The molecule has 1 amide bonds. The van der Waals surface area contributed by atoms with Crippen molar-refractivity contribution in [3.8, 4) is 6.07 Å². The highest BCUT2D eigenvalue weighted by molar-refractivity contribution is 8.26. The van der Waals surface area contributed by atoms with E-state index >= 15 is 0 Å². The van der Waals surface area contributed by atoms with Gasteiger partial charge in [0, 0.05) is 45.5 Å². The molecule has 7 nitrogen and oxygen atoms in total. The summed E-state index contributed by atoms with van der Waals surface area (Å²) in [7, 11) is 1.63. The van der Waals surface area contributed by atoms with Crippen LogP contribution in [-0.2, 0) is 16.1 Å². The van der Waals surface area contributed by atoms with Crippen molar-refractivity contribution in [2.45, 2.75) is 39.7 Å². The molecule has 0 spiro atoms. The number of thiocarbonyl (C=S) groups is 1. The Kier molecular flexibility index (Phi) is 7.34. The van der Waals surface area contributed by atoms with E-state index in [4.69, 9.17) is 17.0 Å². The number of nitriles is 1. The van der Waals surface area contributed by atoms with Gasteiger partial charge in [-0.1, -0.05) is 24.0 Å². The first-order chi connectivity index (χ1) is 14.4. The minimum Gasteiger partial charge on any atom is -0.385 e. The van der Waals surface area contributed by atoms with E-state index in [0.717, 1.165) is 37.3 Å². The Morgan fingerprint density at radius 3 is 2.60 bits per heavy atom. The van der Waals surface area contributed by atoms with E-state index < -0.39 is 0 Å². The van der Waals surface area contributed by atoms with Crippen molar-refractivity contribution in [1.29, 1.82) is 5.26 Å². The number of rotatable bonds is 7. The molecule has 0 saturated carbocycles.